The van der Waals surface area contributed by atoms with Gasteiger partial charge in [-0.2, -0.15) is 0 Å². The van der Waals surface area contributed by atoms with Gasteiger partial charge in [-0.1, -0.05) is 162 Å². The summed E-state index contributed by atoms with van der Waals surface area (Å²) in [7, 11) is 0. The molecule has 6 rings (SSSR count). The Labute approximate surface area is 304 Å². The van der Waals surface area contributed by atoms with Crippen LogP contribution in [-0.4, -0.2) is 51.2 Å². The van der Waals surface area contributed by atoms with Crippen molar-refractivity contribution in [1.82, 2.24) is 10.2 Å². The highest BCUT2D eigenvalue weighted by Crippen LogP contribution is 2.52. The molecule has 5 aromatic carbocycles. The number of ether oxygens (including phenoxy) is 2. The van der Waals surface area contributed by atoms with Gasteiger partial charge in [0.15, 0.2) is 12.0 Å². The fourth-order valence-electron chi connectivity index (χ4n) is 5.97. The summed E-state index contributed by atoms with van der Waals surface area (Å²) in [6, 6.07) is 47.2. The third kappa shape index (κ3) is 7.68. The first-order valence-corrected chi connectivity index (χ1v) is 18.3. The van der Waals surface area contributed by atoms with E-state index in [0.29, 0.717) is 10.2 Å². The van der Waals surface area contributed by atoms with Gasteiger partial charge in [0.2, 0.25) is 5.91 Å². The van der Waals surface area contributed by atoms with Crippen LogP contribution in [-0.2, 0) is 30.5 Å². The number of alkyl halides is 1. The summed E-state index contributed by atoms with van der Waals surface area (Å²) in [6.45, 7) is -0.183. The Hall–Kier alpha value is -4.61. The standard InChI is InChI=1S/C40H35IN2O5S/c41-26-34-36(42-35(44)28-47-33-24-14-5-15-25-33)37(45)43(34)38(39(46)48-27-29-16-6-1-7-17-29)49-40(30-18-8-2-9-19-30,31-20-10-3-11-21-31)32-22-12-4-13-23-32/h1-25,34,36,38H,26-28H2,(H,42,44)/t34-,36+,38?/m1/s1. The van der Waals surface area contributed by atoms with Crippen molar-refractivity contribution in [3.05, 3.63) is 174 Å². The summed E-state index contributed by atoms with van der Waals surface area (Å²) in [5, 5.41) is 1.80. The number of thioether (sulfide) groups is 1. The number of amides is 2. The number of para-hydroxylation sites is 1. The van der Waals surface area contributed by atoms with Crippen molar-refractivity contribution in [2.24, 2.45) is 0 Å². The molecule has 9 heteroatoms. The molecule has 248 valence electrons. The molecule has 0 spiro atoms. The van der Waals surface area contributed by atoms with Crippen molar-refractivity contribution in [2.75, 3.05) is 11.0 Å². The Morgan fingerprint density at radius 1 is 0.735 bits per heavy atom. The molecule has 1 saturated heterocycles. The van der Waals surface area contributed by atoms with Gasteiger partial charge < -0.3 is 19.7 Å². The Morgan fingerprint density at radius 3 is 1.69 bits per heavy atom. The first kappa shape index (κ1) is 34.3. The predicted molar refractivity (Wildman–Crippen MR) is 200 cm³/mol. The van der Waals surface area contributed by atoms with Gasteiger partial charge in [-0.3, -0.25) is 9.59 Å². The molecule has 5 aromatic rings. The lowest BCUT2D eigenvalue weighted by Gasteiger charge is -2.51. The maximum absolute atomic E-state index is 14.4. The average Bonchev–Trinajstić information content (AvgIpc) is 3.17. The highest BCUT2D eigenvalue weighted by atomic mass is 127. The van der Waals surface area contributed by atoms with E-state index >= 15 is 0 Å². The van der Waals surface area contributed by atoms with Crippen LogP contribution < -0.4 is 10.1 Å². The van der Waals surface area contributed by atoms with Crippen LogP contribution in [0, 0.1) is 0 Å². The summed E-state index contributed by atoms with van der Waals surface area (Å²) >= 11 is 3.57. The van der Waals surface area contributed by atoms with Gasteiger partial charge in [-0.25, -0.2) is 4.79 Å². The van der Waals surface area contributed by atoms with Crippen molar-refractivity contribution in [1.29, 1.82) is 0 Å². The Balaban J connectivity index is 1.36. The minimum Gasteiger partial charge on any atom is -0.484 e. The fourth-order valence-corrected chi connectivity index (χ4v) is 8.59. The Bertz CT molecular complexity index is 1740. The number of rotatable bonds is 14. The van der Waals surface area contributed by atoms with Crippen LogP contribution in [0.3, 0.4) is 0 Å². The van der Waals surface area contributed by atoms with E-state index in [9.17, 15) is 14.4 Å². The van der Waals surface area contributed by atoms with Crippen LogP contribution in [0.15, 0.2) is 152 Å². The van der Waals surface area contributed by atoms with E-state index in [0.717, 1.165) is 22.3 Å². The molecule has 1 fully saturated rings. The minimum atomic E-state index is -1.05. The highest BCUT2D eigenvalue weighted by Gasteiger charge is 2.55. The highest BCUT2D eigenvalue weighted by molar-refractivity contribution is 14.1. The van der Waals surface area contributed by atoms with Crippen molar-refractivity contribution in [3.8, 4) is 5.75 Å². The topological polar surface area (TPSA) is 84.9 Å². The molecule has 1 aliphatic heterocycles. The molecular weight excluding hydrogens is 747 g/mol. The molecule has 0 bridgehead atoms. The second kappa shape index (κ2) is 16.2. The van der Waals surface area contributed by atoms with E-state index in [-0.39, 0.29) is 19.1 Å². The zero-order valence-corrected chi connectivity index (χ0v) is 29.5. The number of nitrogens with one attached hydrogen (secondary N) is 1. The summed E-state index contributed by atoms with van der Waals surface area (Å²) in [6.07, 6.45) is 0. The lowest BCUT2D eigenvalue weighted by molar-refractivity contribution is -0.163. The first-order chi connectivity index (χ1) is 24.0. The molecular formula is C40H35IN2O5S. The van der Waals surface area contributed by atoms with E-state index < -0.39 is 34.1 Å². The monoisotopic (exact) mass is 782 g/mol. The zero-order valence-electron chi connectivity index (χ0n) is 26.6. The maximum Gasteiger partial charge on any atom is 0.339 e. The van der Waals surface area contributed by atoms with E-state index in [1.54, 1.807) is 17.0 Å². The van der Waals surface area contributed by atoms with Gasteiger partial charge >= 0.3 is 5.97 Å². The lowest BCUT2D eigenvalue weighted by Crippen LogP contribution is -2.74. The molecule has 0 aromatic heterocycles. The molecule has 0 radical (unpaired) electrons. The molecule has 2 amide bonds. The number of hydrogen-bond donors (Lipinski definition) is 1. The molecule has 1 aliphatic rings. The molecule has 1 heterocycles. The number of β-lactam (4-membered cyclic amide) rings is 1. The summed E-state index contributed by atoms with van der Waals surface area (Å²) < 4.78 is 11.2. The van der Waals surface area contributed by atoms with Crippen molar-refractivity contribution >= 4 is 52.1 Å². The summed E-state index contributed by atoms with van der Waals surface area (Å²) in [5.74, 6) is -0.755. The summed E-state index contributed by atoms with van der Waals surface area (Å²) in [5.41, 5.74) is 3.67. The SMILES string of the molecule is O=C(COc1ccccc1)N[C@@H]1C(=O)N(C(SC(c2ccccc2)(c2ccccc2)c2ccccc2)C(=O)OCc2ccccc2)[C@@H]1CI. The number of carbonyl (C=O) groups is 3. The predicted octanol–water partition coefficient (Wildman–Crippen LogP) is 6.99. The number of benzene rings is 5. The number of halogens is 1. The molecule has 1 unspecified atom stereocenters. The number of carbonyl (C=O) groups excluding carboxylic acids is 3. The van der Waals surface area contributed by atoms with Gasteiger partial charge in [0.05, 0.1) is 10.8 Å². The normalized spacial score (nSPS) is 16.3. The first-order valence-electron chi connectivity index (χ1n) is 15.9. The largest absolute Gasteiger partial charge is 0.484 e. The van der Waals surface area contributed by atoms with Crippen molar-refractivity contribution in [3.63, 3.8) is 0 Å². The molecule has 0 aliphatic carbocycles. The van der Waals surface area contributed by atoms with Crippen LogP contribution >= 0.6 is 34.4 Å². The van der Waals surface area contributed by atoms with Crippen LogP contribution in [0.4, 0.5) is 0 Å². The third-order valence-corrected chi connectivity index (χ3v) is 11.0. The van der Waals surface area contributed by atoms with E-state index in [1.165, 1.54) is 11.8 Å². The number of hydrogen-bond acceptors (Lipinski definition) is 6. The Morgan fingerprint density at radius 2 is 1.20 bits per heavy atom. The van der Waals surface area contributed by atoms with Crippen LogP contribution in [0.2, 0.25) is 0 Å². The smallest absolute Gasteiger partial charge is 0.339 e. The van der Waals surface area contributed by atoms with Gasteiger partial charge in [-0.15, -0.1) is 11.8 Å². The van der Waals surface area contributed by atoms with Gasteiger partial charge in [0.25, 0.3) is 5.91 Å². The van der Waals surface area contributed by atoms with Gasteiger partial charge in [0.1, 0.15) is 18.4 Å². The molecule has 7 nitrogen and oxygen atoms in total. The van der Waals surface area contributed by atoms with Gasteiger partial charge in [-0.05, 0) is 34.4 Å². The number of esters is 1. The van der Waals surface area contributed by atoms with Gasteiger partial charge in [0, 0.05) is 4.43 Å². The number of likely N-dealkylation sites (tertiary alicyclic amines) is 1. The molecule has 0 saturated carbocycles. The molecule has 1 N–H and O–H groups in total. The van der Waals surface area contributed by atoms with Crippen molar-refractivity contribution < 1.29 is 23.9 Å². The average molecular weight is 783 g/mol. The zero-order chi connectivity index (χ0) is 34.1. The van der Waals surface area contributed by atoms with E-state index in [4.69, 9.17) is 9.47 Å². The maximum atomic E-state index is 14.4. The third-order valence-electron chi connectivity index (χ3n) is 8.36. The van der Waals surface area contributed by atoms with E-state index in [1.807, 2.05) is 140 Å². The fraction of sp³-hybridized carbons (Fsp3) is 0.175. The molecule has 3 atom stereocenters. The summed E-state index contributed by atoms with van der Waals surface area (Å²) in [4.78, 5) is 43.0. The van der Waals surface area contributed by atoms with Crippen LogP contribution in [0.1, 0.15) is 22.3 Å². The molecule has 49 heavy (non-hydrogen) atoms. The second-order valence-electron chi connectivity index (χ2n) is 11.5. The lowest BCUT2D eigenvalue weighted by atomic mass is 9.84. The van der Waals surface area contributed by atoms with Crippen LogP contribution in [0.5, 0.6) is 5.75 Å². The van der Waals surface area contributed by atoms with Crippen LogP contribution in [0.25, 0.3) is 0 Å². The second-order valence-corrected chi connectivity index (χ2v) is 13.6. The van der Waals surface area contributed by atoms with Crippen molar-refractivity contribution in [2.45, 2.75) is 28.8 Å². The quantitative estimate of drug-likeness (QED) is 0.0430. The van der Waals surface area contributed by atoms with E-state index in [2.05, 4.69) is 27.9 Å². The number of nitrogens with zero attached hydrogens (tertiary/aromatic N) is 1. The Kier molecular flexibility index (Phi) is 11.3. The minimum absolute atomic E-state index is 0.0552.